The highest BCUT2D eigenvalue weighted by Crippen LogP contribution is 2.24. The summed E-state index contributed by atoms with van der Waals surface area (Å²) in [6, 6.07) is 12.0. The molecule has 0 spiro atoms. The Labute approximate surface area is 160 Å². The van der Waals surface area contributed by atoms with Crippen LogP contribution in [0.1, 0.15) is 50.0 Å². The second-order valence-electron chi connectivity index (χ2n) is 5.80. The summed E-state index contributed by atoms with van der Waals surface area (Å²) in [6.07, 6.45) is -0.602. The van der Waals surface area contributed by atoms with Gasteiger partial charge in [0.15, 0.2) is 0 Å². The van der Waals surface area contributed by atoms with Gasteiger partial charge in [0, 0.05) is 12.8 Å². The third-order valence-corrected chi connectivity index (χ3v) is 5.63. The minimum absolute atomic E-state index is 0.126. The zero-order valence-electron chi connectivity index (χ0n) is 15.3. The molecule has 2 unspecified atom stereocenters. The van der Waals surface area contributed by atoms with Crippen LogP contribution in [0.2, 0.25) is 0 Å². The Kier molecular flexibility index (Phi) is 7.21. The third-order valence-electron chi connectivity index (χ3n) is 3.84. The van der Waals surface area contributed by atoms with Crippen molar-refractivity contribution in [2.24, 2.45) is 0 Å². The van der Waals surface area contributed by atoms with E-state index in [2.05, 4.69) is 23.7 Å². The first-order valence-electron chi connectivity index (χ1n) is 8.68. The van der Waals surface area contributed by atoms with Crippen molar-refractivity contribution in [1.29, 1.82) is 0 Å². The largest absolute Gasteiger partial charge is 0.376 e. The maximum atomic E-state index is 12.8. The van der Waals surface area contributed by atoms with Crippen molar-refractivity contribution in [2.75, 3.05) is 0 Å². The average molecular weight is 382 g/mol. The SMILES string of the molecule is CCC#CC(O)c1ccc(S(=O)(=O)c2ccc(C(O)C#CCC)cc2)cc1. The second-order valence-corrected chi connectivity index (χ2v) is 7.75. The van der Waals surface area contributed by atoms with Crippen molar-refractivity contribution < 1.29 is 18.6 Å². The number of aliphatic hydroxyl groups excluding tert-OH is 2. The summed E-state index contributed by atoms with van der Waals surface area (Å²) in [7, 11) is -3.69. The van der Waals surface area contributed by atoms with Gasteiger partial charge in [-0.05, 0) is 35.4 Å². The molecule has 0 aliphatic carbocycles. The summed E-state index contributed by atoms with van der Waals surface area (Å²) in [5.41, 5.74) is 1.09. The highest BCUT2D eigenvalue weighted by molar-refractivity contribution is 7.91. The number of aliphatic hydroxyl groups is 2. The highest BCUT2D eigenvalue weighted by atomic mass is 32.2. The number of hydrogen-bond donors (Lipinski definition) is 2. The molecule has 27 heavy (non-hydrogen) atoms. The molecule has 2 aromatic rings. The van der Waals surface area contributed by atoms with Crippen molar-refractivity contribution in [3.63, 3.8) is 0 Å². The Morgan fingerprint density at radius 1 is 0.741 bits per heavy atom. The van der Waals surface area contributed by atoms with E-state index in [9.17, 15) is 18.6 Å². The molecule has 2 rings (SSSR count). The summed E-state index contributed by atoms with van der Waals surface area (Å²) >= 11 is 0. The van der Waals surface area contributed by atoms with Crippen LogP contribution in [0.4, 0.5) is 0 Å². The molecule has 0 amide bonds. The van der Waals surface area contributed by atoms with Gasteiger partial charge in [-0.1, -0.05) is 50.0 Å². The van der Waals surface area contributed by atoms with Crippen molar-refractivity contribution in [2.45, 2.75) is 48.7 Å². The van der Waals surface area contributed by atoms with Gasteiger partial charge in [0.1, 0.15) is 12.2 Å². The Morgan fingerprint density at radius 2 is 1.07 bits per heavy atom. The van der Waals surface area contributed by atoms with E-state index in [-0.39, 0.29) is 9.79 Å². The van der Waals surface area contributed by atoms with Crippen molar-refractivity contribution in [1.82, 2.24) is 0 Å². The molecule has 2 aromatic carbocycles. The van der Waals surface area contributed by atoms with Crippen molar-refractivity contribution in [3.05, 3.63) is 59.7 Å². The van der Waals surface area contributed by atoms with E-state index < -0.39 is 22.0 Å². The van der Waals surface area contributed by atoms with Crippen molar-refractivity contribution >= 4 is 9.84 Å². The molecule has 4 nitrogen and oxygen atoms in total. The predicted molar refractivity (Wildman–Crippen MR) is 104 cm³/mol. The van der Waals surface area contributed by atoms with Crippen LogP contribution < -0.4 is 0 Å². The number of sulfone groups is 1. The van der Waals surface area contributed by atoms with Gasteiger partial charge in [-0.2, -0.15) is 0 Å². The van der Waals surface area contributed by atoms with Gasteiger partial charge in [-0.3, -0.25) is 0 Å². The first-order chi connectivity index (χ1) is 12.9. The predicted octanol–water partition coefficient (Wildman–Crippen LogP) is 3.41. The van der Waals surface area contributed by atoms with Crippen LogP contribution in [0, 0.1) is 23.7 Å². The first kappa shape index (κ1) is 20.7. The summed E-state index contributed by atoms with van der Waals surface area (Å²) in [4.78, 5) is 0.252. The second kappa shape index (κ2) is 9.39. The Balaban J connectivity index is 2.25. The van der Waals surface area contributed by atoms with Gasteiger partial charge in [-0.25, -0.2) is 8.42 Å². The minimum atomic E-state index is -3.69. The van der Waals surface area contributed by atoms with Crippen molar-refractivity contribution in [3.8, 4) is 23.7 Å². The highest BCUT2D eigenvalue weighted by Gasteiger charge is 2.18. The van der Waals surface area contributed by atoms with Crippen LogP contribution in [0.5, 0.6) is 0 Å². The fourth-order valence-corrected chi connectivity index (χ4v) is 3.62. The minimum Gasteiger partial charge on any atom is -0.376 e. The summed E-state index contributed by atoms with van der Waals surface area (Å²) in [5.74, 6) is 11.0. The van der Waals surface area contributed by atoms with Gasteiger partial charge >= 0.3 is 0 Å². The van der Waals surface area contributed by atoms with Crippen LogP contribution in [0.25, 0.3) is 0 Å². The van der Waals surface area contributed by atoms with Gasteiger partial charge in [-0.15, -0.1) is 11.8 Å². The van der Waals surface area contributed by atoms with Crippen LogP contribution >= 0.6 is 0 Å². The number of benzene rings is 2. The quantitative estimate of drug-likeness (QED) is 0.795. The summed E-state index contributed by atoms with van der Waals surface area (Å²) in [5, 5.41) is 19.9. The smallest absolute Gasteiger partial charge is 0.206 e. The molecule has 2 atom stereocenters. The number of rotatable bonds is 4. The summed E-state index contributed by atoms with van der Waals surface area (Å²) < 4.78 is 25.5. The zero-order chi connectivity index (χ0) is 19.9. The van der Waals surface area contributed by atoms with E-state index in [1.807, 2.05) is 13.8 Å². The molecule has 0 saturated carbocycles. The van der Waals surface area contributed by atoms with E-state index in [0.717, 1.165) is 0 Å². The molecule has 0 aromatic heterocycles. The van der Waals surface area contributed by atoms with E-state index >= 15 is 0 Å². The Bertz CT molecular complexity index is 905. The first-order valence-corrected chi connectivity index (χ1v) is 10.2. The Morgan fingerprint density at radius 3 is 1.37 bits per heavy atom. The van der Waals surface area contributed by atoms with Gasteiger partial charge in [0.25, 0.3) is 0 Å². The fraction of sp³-hybridized carbons (Fsp3) is 0.273. The lowest BCUT2D eigenvalue weighted by atomic mass is 10.1. The molecule has 0 aliphatic rings. The molecule has 0 heterocycles. The van der Waals surface area contributed by atoms with Gasteiger partial charge in [0.2, 0.25) is 9.84 Å². The van der Waals surface area contributed by atoms with Gasteiger partial charge in [0.05, 0.1) is 9.79 Å². The molecular weight excluding hydrogens is 360 g/mol. The summed E-state index contributed by atoms with van der Waals surface area (Å²) in [6.45, 7) is 3.77. The lowest BCUT2D eigenvalue weighted by Crippen LogP contribution is -2.04. The van der Waals surface area contributed by atoms with Crippen LogP contribution in [-0.4, -0.2) is 18.6 Å². The lowest BCUT2D eigenvalue weighted by Gasteiger charge is -2.09. The van der Waals surface area contributed by atoms with E-state index in [4.69, 9.17) is 0 Å². The molecular formula is C22H22O4S. The molecule has 140 valence electrons. The number of hydrogen-bond acceptors (Lipinski definition) is 4. The van der Waals surface area contributed by atoms with Crippen LogP contribution in [-0.2, 0) is 9.84 Å². The van der Waals surface area contributed by atoms with Crippen LogP contribution in [0.15, 0.2) is 58.3 Å². The van der Waals surface area contributed by atoms with Gasteiger partial charge < -0.3 is 10.2 Å². The molecule has 0 bridgehead atoms. The maximum Gasteiger partial charge on any atom is 0.206 e. The Hall–Kier alpha value is -2.57. The zero-order valence-corrected chi connectivity index (χ0v) is 16.1. The lowest BCUT2D eigenvalue weighted by molar-refractivity contribution is 0.238. The normalized spacial score (nSPS) is 12.9. The van der Waals surface area contributed by atoms with E-state index in [1.54, 1.807) is 24.3 Å². The average Bonchev–Trinajstić information content (AvgIpc) is 2.70. The molecule has 0 radical (unpaired) electrons. The molecule has 2 N–H and O–H groups in total. The van der Waals surface area contributed by atoms with Crippen LogP contribution in [0.3, 0.4) is 0 Å². The standard InChI is InChI=1S/C22H22O4S/c1-3-5-7-21(23)17-9-13-19(14-10-17)27(25,26)20-15-11-18(12-16-20)22(24)8-6-4-2/h9-16,21-24H,3-4H2,1-2H3. The topological polar surface area (TPSA) is 74.6 Å². The molecule has 0 fully saturated rings. The fourth-order valence-electron chi connectivity index (χ4n) is 2.36. The molecule has 5 heteroatoms. The monoisotopic (exact) mass is 382 g/mol. The molecule has 0 aliphatic heterocycles. The third kappa shape index (κ3) is 5.21. The van der Waals surface area contributed by atoms with E-state index in [1.165, 1.54) is 24.3 Å². The van der Waals surface area contributed by atoms with E-state index in [0.29, 0.717) is 24.0 Å². The molecule has 0 saturated heterocycles. The maximum absolute atomic E-state index is 12.8.